The summed E-state index contributed by atoms with van der Waals surface area (Å²) in [6.07, 6.45) is 3.53. The Morgan fingerprint density at radius 2 is 2.07 bits per heavy atom. The van der Waals surface area contributed by atoms with Gasteiger partial charge < -0.3 is 10.3 Å². The molecule has 7 nitrogen and oxygen atoms in total. The maximum absolute atomic E-state index is 13.3. The Kier molecular flexibility index (Phi) is 3.71. The molecule has 27 heavy (non-hydrogen) atoms. The zero-order valence-corrected chi connectivity index (χ0v) is 16.8. The first-order valence-corrected chi connectivity index (χ1v) is 9.88. The van der Waals surface area contributed by atoms with Crippen molar-refractivity contribution in [3.8, 4) is 0 Å². The van der Waals surface area contributed by atoms with Gasteiger partial charge in [0.25, 0.3) is 5.56 Å². The Morgan fingerprint density at radius 3 is 2.85 bits per heavy atom. The summed E-state index contributed by atoms with van der Waals surface area (Å²) in [6, 6.07) is 8.35. The van der Waals surface area contributed by atoms with Crippen molar-refractivity contribution in [1.82, 2.24) is 24.3 Å². The summed E-state index contributed by atoms with van der Waals surface area (Å²) in [5.41, 5.74) is 8.73. The van der Waals surface area contributed by atoms with Crippen molar-refractivity contribution in [2.24, 2.45) is 0 Å². The Hall–Kier alpha value is -2.49. The van der Waals surface area contributed by atoms with Crippen LogP contribution in [0, 0.1) is 10.6 Å². The number of pyridine rings is 1. The number of halogens is 1. The predicted octanol–water partition coefficient (Wildman–Crippen LogP) is 3.02. The second-order valence-corrected chi connectivity index (χ2v) is 8.01. The molecule has 3 heterocycles. The van der Waals surface area contributed by atoms with E-state index in [2.05, 4.69) is 43.7 Å². The highest BCUT2D eigenvalue weighted by atomic mass is 127. The van der Waals surface area contributed by atoms with Crippen molar-refractivity contribution >= 4 is 50.2 Å². The topological polar surface area (TPSA) is 91.6 Å². The number of nitrogens with two attached hydrogens (primary N) is 1. The minimum Gasteiger partial charge on any atom is -0.383 e. The molecule has 2 N–H and O–H groups in total. The van der Waals surface area contributed by atoms with E-state index < -0.39 is 0 Å². The number of anilines is 1. The second kappa shape index (κ2) is 6.01. The van der Waals surface area contributed by atoms with E-state index in [0.29, 0.717) is 18.0 Å². The van der Waals surface area contributed by atoms with Crippen molar-refractivity contribution in [3.05, 3.63) is 55.9 Å². The lowest BCUT2D eigenvalue weighted by Gasteiger charge is -2.15. The third kappa shape index (κ3) is 2.61. The molecule has 5 rings (SSSR count). The minimum atomic E-state index is 0.0865. The van der Waals surface area contributed by atoms with E-state index in [0.717, 1.165) is 44.0 Å². The molecule has 0 radical (unpaired) electrons. The van der Waals surface area contributed by atoms with Gasteiger partial charge in [-0.3, -0.25) is 4.79 Å². The maximum Gasteiger partial charge on any atom is 0.259 e. The Labute approximate surface area is 168 Å². The summed E-state index contributed by atoms with van der Waals surface area (Å²) >= 11 is 2.15. The number of nitrogens with zero attached hydrogens (tertiary/aromatic N) is 5. The molecule has 1 fully saturated rings. The van der Waals surface area contributed by atoms with Crippen molar-refractivity contribution in [3.63, 3.8) is 0 Å². The van der Waals surface area contributed by atoms with Crippen LogP contribution in [0.3, 0.4) is 0 Å². The molecule has 1 aromatic carbocycles. The van der Waals surface area contributed by atoms with Gasteiger partial charge in [-0.1, -0.05) is 18.2 Å². The van der Waals surface area contributed by atoms with Crippen LogP contribution in [0.15, 0.2) is 35.4 Å². The first-order chi connectivity index (χ1) is 13.0. The lowest BCUT2D eigenvalue weighted by molar-refractivity contribution is 0.604. The van der Waals surface area contributed by atoms with Crippen LogP contribution in [-0.2, 0) is 6.54 Å². The largest absolute Gasteiger partial charge is 0.383 e. The molecule has 1 aliphatic carbocycles. The highest BCUT2D eigenvalue weighted by Gasteiger charge is 2.28. The molecule has 8 heteroatoms. The maximum atomic E-state index is 13.3. The zero-order valence-electron chi connectivity index (χ0n) is 14.7. The van der Waals surface area contributed by atoms with Crippen LogP contribution < -0.4 is 11.3 Å². The van der Waals surface area contributed by atoms with Gasteiger partial charge in [-0.05, 0) is 59.4 Å². The molecule has 0 unspecified atom stereocenters. The lowest BCUT2D eigenvalue weighted by atomic mass is 10.1. The molecule has 1 saturated carbocycles. The van der Waals surface area contributed by atoms with E-state index in [1.165, 1.54) is 6.33 Å². The monoisotopic (exact) mass is 472 g/mol. The summed E-state index contributed by atoms with van der Waals surface area (Å²) in [5.74, 6) is 0.421. The second-order valence-electron chi connectivity index (χ2n) is 6.99. The van der Waals surface area contributed by atoms with Crippen molar-refractivity contribution < 1.29 is 0 Å². The van der Waals surface area contributed by atoms with Gasteiger partial charge in [0.2, 0.25) is 0 Å². The average Bonchev–Trinajstić information content (AvgIpc) is 3.40. The van der Waals surface area contributed by atoms with Crippen LogP contribution in [0.25, 0.3) is 21.8 Å². The number of rotatable bonds is 3. The van der Waals surface area contributed by atoms with Gasteiger partial charge in [0.15, 0.2) is 5.65 Å². The average molecular weight is 472 g/mol. The zero-order chi connectivity index (χ0) is 18.7. The third-order valence-electron chi connectivity index (χ3n) is 5.11. The van der Waals surface area contributed by atoms with Crippen LogP contribution in [0.2, 0.25) is 0 Å². The Bertz CT molecular complexity index is 1270. The van der Waals surface area contributed by atoms with Gasteiger partial charge in [0, 0.05) is 11.7 Å². The fraction of sp³-hybridized carbons (Fsp3) is 0.263. The number of hydrogen-bond donors (Lipinski definition) is 1. The Morgan fingerprint density at radius 1 is 1.26 bits per heavy atom. The number of hydrogen-bond acceptors (Lipinski definition) is 5. The molecular weight excluding hydrogens is 455 g/mol. The molecule has 0 amide bonds. The molecule has 4 aromatic rings. The van der Waals surface area contributed by atoms with Crippen LogP contribution >= 0.6 is 22.6 Å². The molecule has 0 bridgehead atoms. The van der Waals surface area contributed by atoms with Gasteiger partial charge in [0.05, 0.1) is 17.3 Å². The molecule has 0 spiro atoms. The normalized spacial score (nSPS) is 14.3. The molecule has 136 valence electrons. The minimum absolute atomic E-state index is 0.0865. The van der Waals surface area contributed by atoms with E-state index in [1.807, 2.05) is 34.4 Å². The number of nitrogen functional groups attached to an aromatic ring is 1. The smallest absolute Gasteiger partial charge is 0.259 e. The van der Waals surface area contributed by atoms with Gasteiger partial charge in [-0.2, -0.15) is 5.10 Å². The van der Waals surface area contributed by atoms with Crippen LogP contribution in [0.1, 0.15) is 30.1 Å². The first kappa shape index (κ1) is 16.7. The standard InChI is InChI=1S/C19H17IN6O/c1-10-3-2-4-11-7-13(26(12-5-6-12)19(27)14(10)11)8-25-18-15(16(20)24-25)17(21)22-9-23-18/h2-4,7,9,12H,5-6,8H2,1H3,(H2,21,22,23). The van der Waals surface area contributed by atoms with Gasteiger partial charge >= 0.3 is 0 Å². The number of aryl methyl sites for hydroxylation is 1. The fourth-order valence-corrected chi connectivity index (χ4v) is 4.49. The van der Waals surface area contributed by atoms with Crippen molar-refractivity contribution in [1.29, 1.82) is 0 Å². The number of aromatic nitrogens is 5. The summed E-state index contributed by atoms with van der Waals surface area (Å²) in [7, 11) is 0. The van der Waals surface area contributed by atoms with Crippen LogP contribution in [0.4, 0.5) is 5.82 Å². The SMILES string of the molecule is Cc1cccc2cc(Cn3nc(I)c4c(N)ncnc43)n(C3CC3)c(=O)c12. The number of fused-ring (bicyclic) bond motifs is 2. The van der Waals surface area contributed by atoms with E-state index in [1.54, 1.807) is 0 Å². The molecule has 0 aliphatic heterocycles. The highest BCUT2D eigenvalue weighted by Crippen LogP contribution is 2.36. The molecule has 0 atom stereocenters. The molecule has 1 aliphatic rings. The van der Waals surface area contributed by atoms with Gasteiger partial charge in [0.1, 0.15) is 15.8 Å². The fourth-order valence-electron chi connectivity index (χ4n) is 3.71. The first-order valence-electron chi connectivity index (χ1n) is 8.81. The molecule has 3 aromatic heterocycles. The van der Waals surface area contributed by atoms with E-state index in [4.69, 9.17) is 5.73 Å². The Balaban J connectivity index is 1.74. The van der Waals surface area contributed by atoms with E-state index in [9.17, 15) is 4.79 Å². The van der Waals surface area contributed by atoms with Crippen LogP contribution in [0.5, 0.6) is 0 Å². The predicted molar refractivity (Wildman–Crippen MR) is 113 cm³/mol. The highest BCUT2D eigenvalue weighted by molar-refractivity contribution is 14.1. The number of benzene rings is 1. The molecule has 0 saturated heterocycles. The van der Waals surface area contributed by atoms with Crippen molar-refractivity contribution in [2.75, 3.05) is 5.73 Å². The van der Waals surface area contributed by atoms with E-state index >= 15 is 0 Å². The van der Waals surface area contributed by atoms with Crippen LogP contribution in [-0.4, -0.2) is 24.3 Å². The lowest BCUT2D eigenvalue weighted by Crippen LogP contribution is -2.25. The van der Waals surface area contributed by atoms with Gasteiger partial charge in [-0.25, -0.2) is 14.6 Å². The summed E-state index contributed by atoms with van der Waals surface area (Å²) < 4.78 is 4.52. The quantitative estimate of drug-likeness (QED) is 0.463. The third-order valence-corrected chi connectivity index (χ3v) is 5.86. The van der Waals surface area contributed by atoms with E-state index in [-0.39, 0.29) is 11.6 Å². The summed E-state index contributed by atoms with van der Waals surface area (Å²) in [4.78, 5) is 21.7. The van der Waals surface area contributed by atoms with Gasteiger partial charge in [-0.15, -0.1) is 0 Å². The summed E-state index contributed by atoms with van der Waals surface area (Å²) in [6.45, 7) is 2.45. The van der Waals surface area contributed by atoms with Crippen molar-refractivity contribution in [2.45, 2.75) is 32.4 Å². The summed E-state index contributed by atoms with van der Waals surface area (Å²) in [5, 5.41) is 7.13. The molecular formula is C19H17IN6O.